The maximum atomic E-state index is 10.0. The van der Waals surface area contributed by atoms with Gasteiger partial charge in [0.15, 0.2) is 0 Å². The number of aromatic amines is 1. The van der Waals surface area contributed by atoms with Crippen molar-refractivity contribution in [2.24, 2.45) is 0 Å². The van der Waals surface area contributed by atoms with Crippen LogP contribution in [0.4, 0.5) is 0 Å². The van der Waals surface area contributed by atoms with Gasteiger partial charge in [-0.3, -0.25) is 5.10 Å². The number of fused-ring (bicyclic) bond motifs is 1. The molecule has 2 aromatic rings. The molecule has 1 aliphatic rings. The highest BCUT2D eigenvalue weighted by Crippen LogP contribution is 2.35. The summed E-state index contributed by atoms with van der Waals surface area (Å²) < 4.78 is 0. The second-order valence-corrected chi connectivity index (χ2v) is 4.24. The van der Waals surface area contributed by atoms with E-state index in [4.69, 9.17) is 0 Å². The van der Waals surface area contributed by atoms with Gasteiger partial charge in [-0.15, -0.1) is 0 Å². The molecule has 3 heteroatoms. The molecule has 3 nitrogen and oxygen atoms in total. The van der Waals surface area contributed by atoms with Crippen molar-refractivity contribution < 1.29 is 5.11 Å². The van der Waals surface area contributed by atoms with Crippen LogP contribution in [-0.4, -0.2) is 15.3 Å². The van der Waals surface area contributed by atoms with E-state index in [-0.39, 0.29) is 6.10 Å². The highest BCUT2D eigenvalue weighted by atomic mass is 16.3. The van der Waals surface area contributed by atoms with Gasteiger partial charge in [0, 0.05) is 16.8 Å². The molecule has 16 heavy (non-hydrogen) atoms. The fourth-order valence-electron chi connectivity index (χ4n) is 2.37. The van der Waals surface area contributed by atoms with Gasteiger partial charge in [0.05, 0.1) is 11.8 Å². The normalized spacial score (nSPS) is 19.4. The van der Waals surface area contributed by atoms with Gasteiger partial charge >= 0.3 is 0 Å². The lowest BCUT2D eigenvalue weighted by Crippen LogP contribution is -2.08. The zero-order valence-electron chi connectivity index (χ0n) is 8.98. The molecule has 0 aliphatic heterocycles. The van der Waals surface area contributed by atoms with Gasteiger partial charge in [-0.1, -0.05) is 30.3 Å². The van der Waals surface area contributed by atoms with E-state index in [2.05, 4.69) is 10.2 Å². The van der Waals surface area contributed by atoms with Crippen LogP contribution in [0.5, 0.6) is 0 Å². The number of benzene rings is 1. The number of aliphatic hydroxyl groups excluding tert-OH is 1. The number of aromatic nitrogens is 2. The van der Waals surface area contributed by atoms with E-state index in [9.17, 15) is 5.11 Å². The van der Waals surface area contributed by atoms with Crippen LogP contribution in [0, 0.1) is 0 Å². The molecular weight excluding hydrogens is 200 g/mol. The number of H-pyrrole nitrogens is 1. The molecule has 82 valence electrons. The van der Waals surface area contributed by atoms with Gasteiger partial charge in [-0.25, -0.2) is 0 Å². The van der Waals surface area contributed by atoms with Crippen LogP contribution in [0.1, 0.15) is 30.2 Å². The minimum Gasteiger partial charge on any atom is -0.388 e. The predicted molar refractivity (Wildman–Crippen MR) is 61.9 cm³/mol. The number of aryl methyl sites for hydroxylation is 1. The molecule has 0 amide bonds. The quantitative estimate of drug-likeness (QED) is 0.766. The molecule has 3 rings (SSSR count). The highest BCUT2D eigenvalue weighted by Gasteiger charge is 2.24. The Kier molecular flexibility index (Phi) is 2.26. The third-order valence-corrected chi connectivity index (χ3v) is 3.17. The summed E-state index contributed by atoms with van der Waals surface area (Å²) >= 11 is 0. The maximum Gasteiger partial charge on any atom is 0.0981 e. The van der Waals surface area contributed by atoms with E-state index in [0.29, 0.717) is 0 Å². The smallest absolute Gasteiger partial charge is 0.0981 e. The molecule has 1 atom stereocenters. The summed E-state index contributed by atoms with van der Waals surface area (Å²) in [5, 5.41) is 17.4. The number of hydrogen-bond donors (Lipinski definition) is 2. The standard InChI is InChI=1S/C13H14N2O/c16-11-8-4-7-10-12(11)13(15-14-10)9-5-2-1-3-6-9/h1-3,5-6,11,16H,4,7-8H2,(H,14,15)/t11-/m1/s1. The minimum atomic E-state index is -0.363. The monoisotopic (exact) mass is 214 g/mol. The maximum absolute atomic E-state index is 10.0. The van der Waals surface area contributed by atoms with Crippen LogP contribution in [0.2, 0.25) is 0 Å². The molecule has 0 radical (unpaired) electrons. The number of nitrogens with one attached hydrogen (secondary N) is 1. The fourth-order valence-corrected chi connectivity index (χ4v) is 2.37. The van der Waals surface area contributed by atoms with E-state index in [1.54, 1.807) is 0 Å². The minimum absolute atomic E-state index is 0.363. The Morgan fingerprint density at radius 2 is 2.06 bits per heavy atom. The number of aliphatic hydroxyl groups is 1. The Labute approximate surface area is 94.1 Å². The average molecular weight is 214 g/mol. The van der Waals surface area contributed by atoms with Crippen LogP contribution < -0.4 is 0 Å². The Balaban J connectivity index is 2.13. The second-order valence-electron chi connectivity index (χ2n) is 4.24. The number of nitrogens with zero attached hydrogens (tertiary/aromatic N) is 1. The van der Waals surface area contributed by atoms with Crippen molar-refractivity contribution >= 4 is 0 Å². The lowest BCUT2D eigenvalue weighted by Gasteiger charge is -2.17. The summed E-state index contributed by atoms with van der Waals surface area (Å²) in [4.78, 5) is 0. The molecule has 2 N–H and O–H groups in total. The van der Waals surface area contributed by atoms with Crippen molar-refractivity contribution in [1.82, 2.24) is 10.2 Å². The van der Waals surface area contributed by atoms with Crippen molar-refractivity contribution in [2.45, 2.75) is 25.4 Å². The van der Waals surface area contributed by atoms with Crippen molar-refractivity contribution in [3.05, 3.63) is 41.6 Å². The number of rotatable bonds is 1. The average Bonchev–Trinajstić information content (AvgIpc) is 2.75. The van der Waals surface area contributed by atoms with Gasteiger partial charge in [-0.2, -0.15) is 5.10 Å². The predicted octanol–water partition coefficient (Wildman–Crippen LogP) is 2.45. The van der Waals surface area contributed by atoms with Gasteiger partial charge in [-0.05, 0) is 19.3 Å². The van der Waals surface area contributed by atoms with Crippen LogP contribution in [-0.2, 0) is 6.42 Å². The SMILES string of the molecule is O[C@@H]1CCCc2[nH]nc(-c3ccccc3)c21. The van der Waals surface area contributed by atoms with Crippen LogP contribution in [0.15, 0.2) is 30.3 Å². The fraction of sp³-hybridized carbons (Fsp3) is 0.308. The zero-order chi connectivity index (χ0) is 11.0. The van der Waals surface area contributed by atoms with Gasteiger partial charge in [0.25, 0.3) is 0 Å². The van der Waals surface area contributed by atoms with E-state index < -0.39 is 0 Å². The van der Waals surface area contributed by atoms with E-state index in [1.807, 2.05) is 30.3 Å². The largest absolute Gasteiger partial charge is 0.388 e. The van der Waals surface area contributed by atoms with Gasteiger partial charge in [0.2, 0.25) is 0 Å². The highest BCUT2D eigenvalue weighted by molar-refractivity contribution is 5.64. The van der Waals surface area contributed by atoms with Crippen molar-refractivity contribution in [3.8, 4) is 11.3 Å². The summed E-state index contributed by atoms with van der Waals surface area (Å²) in [5.41, 5.74) is 4.07. The molecular formula is C13H14N2O. The first-order valence-electron chi connectivity index (χ1n) is 5.67. The summed E-state index contributed by atoms with van der Waals surface area (Å²) in [7, 11) is 0. The van der Waals surface area contributed by atoms with Crippen molar-refractivity contribution in [2.75, 3.05) is 0 Å². The molecule has 1 heterocycles. The van der Waals surface area contributed by atoms with E-state index >= 15 is 0 Å². The molecule has 0 spiro atoms. The number of hydrogen-bond acceptors (Lipinski definition) is 2. The second kappa shape index (κ2) is 3.76. The summed E-state index contributed by atoms with van der Waals surface area (Å²) in [6.07, 6.45) is 2.50. The summed E-state index contributed by atoms with van der Waals surface area (Å²) in [5.74, 6) is 0. The van der Waals surface area contributed by atoms with Gasteiger partial charge < -0.3 is 5.11 Å². The summed E-state index contributed by atoms with van der Waals surface area (Å²) in [6, 6.07) is 10.0. The van der Waals surface area contributed by atoms with E-state index in [0.717, 1.165) is 41.8 Å². The van der Waals surface area contributed by atoms with Crippen molar-refractivity contribution in [1.29, 1.82) is 0 Å². The lowest BCUT2D eigenvalue weighted by molar-refractivity contribution is 0.157. The first-order chi connectivity index (χ1) is 7.86. The molecule has 0 bridgehead atoms. The van der Waals surface area contributed by atoms with Crippen LogP contribution in [0.25, 0.3) is 11.3 Å². The first kappa shape index (κ1) is 9.60. The molecule has 1 aromatic carbocycles. The van der Waals surface area contributed by atoms with Crippen LogP contribution >= 0.6 is 0 Å². The Bertz CT molecular complexity index is 490. The van der Waals surface area contributed by atoms with Crippen molar-refractivity contribution in [3.63, 3.8) is 0 Å². The molecule has 1 aliphatic carbocycles. The lowest BCUT2D eigenvalue weighted by atomic mass is 9.91. The third-order valence-electron chi connectivity index (χ3n) is 3.17. The van der Waals surface area contributed by atoms with E-state index in [1.165, 1.54) is 0 Å². The Morgan fingerprint density at radius 3 is 2.88 bits per heavy atom. The molecule has 0 unspecified atom stereocenters. The Morgan fingerprint density at radius 1 is 1.25 bits per heavy atom. The molecule has 0 saturated carbocycles. The Hall–Kier alpha value is -1.61. The summed E-state index contributed by atoms with van der Waals surface area (Å²) in [6.45, 7) is 0. The first-order valence-corrected chi connectivity index (χ1v) is 5.67. The zero-order valence-corrected chi connectivity index (χ0v) is 8.98. The molecule has 1 aromatic heterocycles. The third kappa shape index (κ3) is 1.44. The van der Waals surface area contributed by atoms with Gasteiger partial charge in [0.1, 0.15) is 0 Å². The van der Waals surface area contributed by atoms with Crippen LogP contribution in [0.3, 0.4) is 0 Å². The molecule has 0 fully saturated rings. The topological polar surface area (TPSA) is 48.9 Å². The molecule has 0 saturated heterocycles.